The Labute approximate surface area is 143 Å². The third-order valence-electron chi connectivity index (χ3n) is 4.27. The molecule has 1 aliphatic heterocycles. The van der Waals surface area contributed by atoms with E-state index in [0.29, 0.717) is 25.6 Å². The van der Waals surface area contributed by atoms with Gasteiger partial charge in [0.2, 0.25) is 0 Å². The second kappa shape index (κ2) is 7.83. The molecule has 1 saturated heterocycles. The van der Waals surface area contributed by atoms with Crippen LogP contribution in [0.3, 0.4) is 0 Å². The SMILES string of the molecule is CCN(CC(C)(C)O)C(=O)NCC1CCN(c2ccc(F)cc2)C1. The first kappa shape index (κ1) is 18.5. The summed E-state index contributed by atoms with van der Waals surface area (Å²) in [5.41, 5.74) is 0.113. The van der Waals surface area contributed by atoms with Crippen molar-refractivity contribution in [2.75, 3.05) is 37.6 Å². The van der Waals surface area contributed by atoms with Crippen LogP contribution in [0.5, 0.6) is 0 Å². The number of anilines is 1. The summed E-state index contributed by atoms with van der Waals surface area (Å²) in [4.78, 5) is 16.1. The molecular formula is C18H28FN3O2. The van der Waals surface area contributed by atoms with Gasteiger partial charge in [-0.15, -0.1) is 0 Å². The van der Waals surface area contributed by atoms with Crippen LogP contribution in [0.2, 0.25) is 0 Å². The van der Waals surface area contributed by atoms with E-state index in [1.165, 1.54) is 12.1 Å². The number of halogens is 1. The summed E-state index contributed by atoms with van der Waals surface area (Å²) < 4.78 is 13.0. The molecule has 0 aromatic heterocycles. The number of benzene rings is 1. The molecule has 1 aromatic rings. The first-order valence-corrected chi connectivity index (χ1v) is 8.54. The number of carbonyl (C=O) groups excluding carboxylic acids is 1. The number of nitrogens with one attached hydrogen (secondary N) is 1. The van der Waals surface area contributed by atoms with Crippen LogP contribution in [0.15, 0.2) is 24.3 Å². The first-order valence-electron chi connectivity index (χ1n) is 8.54. The highest BCUT2D eigenvalue weighted by Gasteiger charge is 2.25. The van der Waals surface area contributed by atoms with Gasteiger partial charge in [-0.1, -0.05) is 0 Å². The average Bonchev–Trinajstić information content (AvgIpc) is 2.99. The van der Waals surface area contributed by atoms with Crippen molar-refractivity contribution in [1.29, 1.82) is 0 Å². The van der Waals surface area contributed by atoms with Crippen molar-refractivity contribution in [3.05, 3.63) is 30.1 Å². The lowest BCUT2D eigenvalue weighted by molar-refractivity contribution is 0.0479. The molecule has 0 aliphatic carbocycles. The summed E-state index contributed by atoms with van der Waals surface area (Å²) in [6.45, 7) is 8.53. The molecule has 134 valence electrons. The zero-order valence-corrected chi connectivity index (χ0v) is 14.8. The Hall–Kier alpha value is -1.82. The van der Waals surface area contributed by atoms with Gasteiger partial charge in [-0.2, -0.15) is 0 Å². The number of carbonyl (C=O) groups is 1. The first-order chi connectivity index (χ1) is 11.3. The van der Waals surface area contributed by atoms with Crippen LogP contribution in [0.1, 0.15) is 27.2 Å². The highest BCUT2D eigenvalue weighted by molar-refractivity contribution is 5.74. The summed E-state index contributed by atoms with van der Waals surface area (Å²) >= 11 is 0. The van der Waals surface area contributed by atoms with Gasteiger partial charge in [0.15, 0.2) is 0 Å². The topological polar surface area (TPSA) is 55.8 Å². The molecular weight excluding hydrogens is 309 g/mol. The maximum absolute atomic E-state index is 13.0. The van der Waals surface area contributed by atoms with E-state index in [0.717, 1.165) is 25.2 Å². The van der Waals surface area contributed by atoms with Crippen molar-refractivity contribution in [2.45, 2.75) is 32.8 Å². The smallest absolute Gasteiger partial charge is 0.317 e. The highest BCUT2D eigenvalue weighted by atomic mass is 19.1. The van der Waals surface area contributed by atoms with Gasteiger partial charge in [0.25, 0.3) is 0 Å². The molecule has 1 unspecified atom stereocenters. The van der Waals surface area contributed by atoms with Gasteiger partial charge in [-0.05, 0) is 57.4 Å². The Kier molecular flexibility index (Phi) is 6.04. The maximum Gasteiger partial charge on any atom is 0.317 e. The monoisotopic (exact) mass is 337 g/mol. The number of aliphatic hydroxyl groups is 1. The van der Waals surface area contributed by atoms with Crippen molar-refractivity contribution in [1.82, 2.24) is 10.2 Å². The lowest BCUT2D eigenvalue weighted by Crippen LogP contribution is -2.47. The fraction of sp³-hybridized carbons (Fsp3) is 0.611. The zero-order valence-electron chi connectivity index (χ0n) is 14.8. The molecule has 5 nitrogen and oxygen atoms in total. The van der Waals surface area contributed by atoms with Gasteiger partial charge in [0.05, 0.1) is 12.1 Å². The van der Waals surface area contributed by atoms with E-state index >= 15 is 0 Å². The predicted molar refractivity (Wildman–Crippen MR) is 93.7 cm³/mol. The fourth-order valence-electron chi connectivity index (χ4n) is 3.02. The summed E-state index contributed by atoms with van der Waals surface area (Å²) in [7, 11) is 0. The van der Waals surface area contributed by atoms with Crippen molar-refractivity contribution in [3.8, 4) is 0 Å². The average molecular weight is 337 g/mol. The Morgan fingerprint density at radius 2 is 2.08 bits per heavy atom. The van der Waals surface area contributed by atoms with Gasteiger partial charge >= 0.3 is 6.03 Å². The zero-order chi connectivity index (χ0) is 17.7. The molecule has 2 rings (SSSR count). The van der Waals surface area contributed by atoms with Crippen LogP contribution >= 0.6 is 0 Å². The van der Waals surface area contributed by atoms with Gasteiger partial charge in [-0.3, -0.25) is 0 Å². The minimum atomic E-state index is -0.903. The van der Waals surface area contributed by atoms with Crippen molar-refractivity contribution < 1.29 is 14.3 Å². The molecule has 1 aliphatic rings. The van der Waals surface area contributed by atoms with Crippen LogP contribution in [0.4, 0.5) is 14.9 Å². The Morgan fingerprint density at radius 1 is 1.42 bits per heavy atom. The molecule has 1 fully saturated rings. The maximum atomic E-state index is 13.0. The highest BCUT2D eigenvalue weighted by Crippen LogP contribution is 2.23. The second-order valence-corrected chi connectivity index (χ2v) is 7.09. The summed E-state index contributed by atoms with van der Waals surface area (Å²) in [5, 5.41) is 12.8. The van der Waals surface area contributed by atoms with E-state index in [9.17, 15) is 14.3 Å². The van der Waals surface area contributed by atoms with E-state index in [1.807, 2.05) is 6.92 Å². The third kappa shape index (κ3) is 5.37. The Balaban J connectivity index is 1.80. The standard InChI is InChI=1S/C18H28FN3O2/c1-4-21(13-18(2,3)24)17(23)20-11-14-9-10-22(12-14)16-7-5-15(19)6-8-16/h5-8,14,24H,4,9-13H2,1-3H3,(H,20,23). The second-order valence-electron chi connectivity index (χ2n) is 7.09. The number of urea groups is 1. The molecule has 2 amide bonds. The molecule has 1 aromatic carbocycles. The van der Waals surface area contributed by atoms with E-state index in [4.69, 9.17) is 0 Å². The lowest BCUT2D eigenvalue weighted by atomic mass is 10.1. The normalized spacial score (nSPS) is 17.9. The number of hydrogen-bond donors (Lipinski definition) is 2. The number of hydrogen-bond acceptors (Lipinski definition) is 3. The van der Waals surface area contributed by atoms with E-state index < -0.39 is 5.60 Å². The van der Waals surface area contributed by atoms with Crippen LogP contribution in [-0.2, 0) is 0 Å². The summed E-state index contributed by atoms with van der Waals surface area (Å²) in [5.74, 6) is 0.146. The Bertz CT molecular complexity index is 542. The van der Waals surface area contributed by atoms with E-state index in [1.54, 1.807) is 30.9 Å². The summed E-state index contributed by atoms with van der Waals surface area (Å²) in [6, 6.07) is 6.39. The number of nitrogens with zero attached hydrogens (tertiary/aromatic N) is 2. The van der Waals surface area contributed by atoms with Crippen LogP contribution in [0.25, 0.3) is 0 Å². The molecule has 24 heavy (non-hydrogen) atoms. The third-order valence-corrected chi connectivity index (χ3v) is 4.27. The number of rotatable bonds is 6. The van der Waals surface area contributed by atoms with Crippen LogP contribution in [-0.4, -0.2) is 54.4 Å². The van der Waals surface area contributed by atoms with Gasteiger partial charge in [0, 0.05) is 31.9 Å². The Morgan fingerprint density at radius 3 is 2.67 bits per heavy atom. The van der Waals surface area contributed by atoms with Crippen molar-refractivity contribution in [3.63, 3.8) is 0 Å². The fourth-order valence-corrected chi connectivity index (χ4v) is 3.02. The number of amides is 2. The van der Waals surface area contributed by atoms with Gasteiger partial charge in [-0.25, -0.2) is 9.18 Å². The van der Waals surface area contributed by atoms with E-state index in [2.05, 4.69) is 10.2 Å². The molecule has 1 heterocycles. The van der Waals surface area contributed by atoms with Crippen molar-refractivity contribution >= 4 is 11.7 Å². The molecule has 1 atom stereocenters. The molecule has 0 spiro atoms. The van der Waals surface area contributed by atoms with Crippen molar-refractivity contribution in [2.24, 2.45) is 5.92 Å². The minimum Gasteiger partial charge on any atom is -0.389 e. The molecule has 6 heteroatoms. The minimum absolute atomic E-state index is 0.139. The van der Waals surface area contributed by atoms with Gasteiger partial charge in [0.1, 0.15) is 5.82 Å². The summed E-state index contributed by atoms with van der Waals surface area (Å²) in [6.07, 6.45) is 0.995. The number of likely N-dealkylation sites (N-methyl/N-ethyl adjacent to an activating group) is 1. The molecule has 0 radical (unpaired) electrons. The van der Waals surface area contributed by atoms with Crippen LogP contribution in [0, 0.1) is 11.7 Å². The predicted octanol–water partition coefficient (Wildman–Crippen LogP) is 2.45. The lowest BCUT2D eigenvalue weighted by Gasteiger charge is -2.28. The molecule has 2 N–H and O–H groups in total. The van der Waals surface area contributed by atoms with Crippen LogP contribution < -0.4 is 10.2 Å². The van der Waals surface area contributed by atoms with E-state index in [-0.39, 0.29) is 11.8 Å². The molecule has 0 bridgehead atoms. The molecule has 0 saturated carbocycles. The quantitative estimate of drug-likeness (QED) is 0.838. The van der Waals surface area contributed by atoms with Gasteiger partial charge < -0.3 is 20.2 Å². The largest absolute Gasteiger partial charge is 0.389 e.